The number of aliphatic carboxylic acids is 1. The number of nitrogens with zero attached hydrogens (tertiary/aromatic N) is 5. The number of carboxylic acid groups (broad SMARTS) is 1. The normalized spacial score (nSPS) is 20.6. The van der Waals surface area contributed by atoms with E-state index in [0.717, 1.165) is 11.5 Å². The van der Waals surface area contributed by atoms with Gasteiger partial charge in [0.2, 0.25) is 17.0 Å². The third kappa shape index (κ3) is 4.18. The van der Waals surface area contributed by atoms with Crippen molar-refractivity contribution in [2.24, 2.45) is 5.16 Å². The van der Waals surface area contributed by atoms with Gasteiger partial charge < -0.3 is 21.0 Å². The lowest BCUT2D eigenvalue weighted by molar-refractivity contribution is -0.684. The van der Waals surface area contributed by atoms with E-state index in [1.54, 1.807) is 6.92 Å². The second-order valence-corrected chi connectivity index (χ2v) is 9.27. The first-order valence-corrected chi connectivity index (χ1v) is 12.1. The SMILES string of the molecule is CCON=C(C(=O)NC1C(=O)N2C(C(=O)O)=C(C[n+]3ccsc3)CS[C@H]12)c1nsc(N)n1. The minimum Gasteiger partial charge on any atom is -0.477 e. The molecule has 4 N–H and O–H groups in total. The number of anilines is 1. The number of nitrogens with two attached hydrogens (primary N) is 1. The molecule has 15 heteroatoms. The van der Waals surface area contributed by atoms with Crippen molar-refractivity contribution in [2.75, 3.05) is 18.1 Å². The Hall–Kier alpha value is -3.04. The highest BCUT2D eigenvalue weighted by atomic mass is 32.2. The monoisotopic (exact) mass is 496 g/mol. The van der Waals surface area contributed by atoms with Crippen LogP contribution >= 0.6 is 34.6 Å². The number of hydrogen-bond donors (Lipinski definition) is 3. The number of hydrogen-bond acceptors (Lipinski definition) is 11. The van der Waals surface area contributed by atoms with Crippen LogP contribution in [0.4, 0.5) is 5.13 Å². The van der Waals surface area contributed by atoms with Gasteiger partial charge in [0.15, 0.2) is 17.9 Å². The first-order chi connectivity index (χ1) is 15.4. The molecular formula is C17H18N7O5S3+. The Morgan fingerprint density at radius 2 is 2.31 bits per heavy atom. The number of thioether (sulfide) groups is 1. The lowest BCUT2D eigenvalue weighted by Crippen LogP contribution is -2.71. The van der Waals surface area contributed by atoms with Crippen LogP contribution in [0.1, 0.15) is 12.7 Å². The average molecular weight is 497 g/mol. The van der Waals surface area contributed by atoms with Crippen LogP contribution in [0, 0.1) is 0 Å². The van der Waals surface area contributed by atoms with Gasteiger partial charge in [0.1, 0.15) is 23.7 Å². The summed E-state index contributed by atoms with van der Waals surface area (Å²) in [7, 11) is 0. The Morgan fingerprint density at radius 3 is 2.94 bits per heavy atom. The van der Waals surface area contributed by atoms with Crippen LogP contribution in [-0.2, 0) is 25.8 Å². The predicted octanol–water partition coefficient (Wildman–Crippen LogP) is -0.351. The number of oxime groups is 1. The molecule has 2 aliphatic rings. The number of nitrogens with one attached hydrogen (secondary N) is 1. The molecule has 32 heavy (non-hydrogen) atoms. The van der Waals surface area contributed by atoms with Crippen LogP contribution in [0.15, 0.2) is 33.5 Å². The van der Waals surface area contributed by atoms with Gasteiger partial charge >= 0.3 is 5.97 Å². The van der Waals surface area contributed by atoms with Gasteiger partial charge in [-0.15, -0.1) is 11.8 Å². The number of carbonyl (C=O) groups is 3. The van der Waals surface area contributed by atoms with Crippen LogP contribution in [0.5, 0.6) is 0 Å². The van der Waals surface area contributed by atoms with Crippen molar-refractivity contribution in [1.82, 2.24) is 19.6 Å². The molecule has 0 bridgehead atoms. The molecule has 0 aromatic carbocycles. The summed E-state index contributed by atoms with van der Waals surface area (Å²) in [5.41, 5.74) is 7.83. The van der Waals surface area contributed by atoms with Gasteiger partial charge in [0.05, 0.1) is 5.38 Å². The second-order valence-electron chi connectivity index (χ2n) is 6.63. The number of nitrogen functional groups attached to an aromatic ring is 1. The fourth-order valence-corrected chi connectivity index (χ4v) is 5.60. The van der Waals surface area contributed by atoms with E-state index in [1.807, 2.05) is 21.7 Å². The highest BCUT2D eigenvalue weighted by molar-refractivity contribution is 8.00. The summed E-state index contributed by atoms with van der Waals surface area (Å²) >= 11 is 3.77. The molecule has 4 heterocycles. The number of carbonyl (C=O) groups excluding carboxylic acids is 2. The molecule has 12 nitrogen and oxygen atoms in total. The molecule has 2 aromatic rings. The minimum atomic E-state index is -1.18. The molecule has 0 aliphatic carbocycles. The Morgan fingerprint density at radius 1 is 1.50 bits per heavy atom. The third-order valence-corrected chi connectivity index (χ3v) is 7.14. The first kappa shape index (κ1) is 22.2. The van der Waals surface area contributed by atoms with Gasteiger partial charge in [0, 0.05) is 22.9 Å². The number of thiazole rings is 1. The predicted molar refractivity (Wildman–Crippen MR) is 117 cm³/mol. The topological polar surface area (TPSA) is 164 Å². The summed E-state index contributed by atoms with van der Waals surface area (Å²) < 4.78 is 5.83. The van der Waals surface area contributed by atoms with Crippen molar-refractivity contribution >= 4 is 63.3 Å². The molecule has 2 amide bonds. The average Bonchev–Trinajstić information content (AvgIpc) is 3.43. The van der Waals surface area contributed by atoms with E-state index in [4.69, 9.17) is 10.6 Å². The van der Waals surface area contributed by atoms with E-state index in [9.17, 15) is 19.5 Å². The molecule has 1 saturated heterocycles. The molecule has 2 aliphatic heterocycles. The molecule has 2 atom stereocenters. The third-order valence-electron chi connectivity index (χ3n) is 4.59. The molecule has 0 saturated carbocycles. The van der Waals surface area contributed by atoms with Crippen molar-refractivity contribution in [3.8, 4) is 0 Å². The number of β-lactam (4-membered cyclic amide) rings is 1. The van der Waals surface area contributed by atoms with Gasteiger partial charge in [-0.2, -0.15) is 13.9 Å². The van der Waals surface area contributed by atoms with Gasteiger partial charge in [-0.3, -0.25) is 14.5 Å². The number of carboxylic acids is 1. The van der Waals surface area contributed by atoms with Crippen molar-refractivity contribution in [3.63, 3.8) is 0 Å². The van der Waals surface area contributed by atoms with E-state index >= 15 is 0 Å². The summed E-state index contributed by atoms with van der Waals surface area (Å²) in [4.78, 5) is 47.8. The maximum atomic E-state index is 12.8. The fourth-order valence-electron chi connectivity index (χ4n) is 3.23. The summed E-state index contributed by atoms with van der Waals surface area (Å²) in [6.07, 6.45) is 1.84. The highest BCUT2D eigenvalue weighted by Gasteiger charge is 2.54. The Labute approximate surface area is 193 Å². The summed E-state index contributed by atoms with van der Waals surface area (Å²) in [6, 6.07) is -0.917. The number of fused-ring (bicyclic) bond motifs is 1. The molecule has 168 valence electrons. The van der Waals surface area contributed by atoms with Crippen LogP contribution < -0.4 is 15.6 Å². The zero-order valence-electron chi connectivity index (χ0n) is 16.6. The maximum Gasteiger partial charge on any atom is 0.352 e. The van der Waals surface area contributed by atoms with Crippen molar-refractivity contribution < 1.29 is 28.9 Å². The maximum absolute atomic E-state index is 12.8. The Kier molecular flexibility index (Phi) is 6.38. The zero-order valence-corrected chi connectivity index (χ0v) is 19.1. The highest BCUT2D eigenvalue weighted by Crippen LogP contribution is 2.40. The van der Waals surface area contributed by atoms with E-state index in [1.165, 1.54) is 28.0 Å². The number of amides is 2. The minimum absolute atomic E-state index is 0.0143. The molecule has 4 rings (SSSR count). The van der Waals surface area contributed by atoms with E-state index in [-0.39, 0.29) is 29.0 Å². The quantitative estimate of drug-likeness (QED) is 0.192. The fraction of sp³-hybridized carbons (Fsp3) is 0.353. The lowest BCUT2D eigenvalue weighted by atomic mass is 10.0. The van der Waals surface area contributed by atoms with Gasteiger partial charge in [-0.25, -0.2) is 4.79 Å². The van der Waals surface area contributed by atoms with E-state index in [2.05, 4.69) is 19.8 Å². The van der Waals surface area contributed by atoms with Crippen LogP contribution in [-0.4, -0.2) is 66.6 Å². The van der Waals surface area contributed by atoms with Crippen molar-refractivity contribution in [1.29, 1.82) is 0 Å². The summed E-state index contributed by atoms with van der Waals surface area (Å²) in [6.45, 7) is 2.27. The first-order valence-electron chi connectivity index (χ1n) is 9.32. The van der Waals surface area contributed by atoms with E-state index < -0.39 is 29.2 Å². The number of rotatable bonds is 8. The van der Waals surface area contributed by atoms with Crippen LogP contribution in [0.25, 0.3) is 0 Å². The molecule has 2 aromatic heterocycles. The zero-order chi connectivity index (χ0) is 22.8. The summed E-state index contributed by atoms with van der Waals surface area (Å²) in [5, 5.41) is 17.6. The molecule has 1 unspecified atom stereocenters. The van der Waals surface area contributed by atoms with Gasteiger partial charge in [-0.05, 0) is 6.92 Å². The lowest BCUT2D eigenvalue weighted by Gasteiger charge is -2.49. The molecule has 0 radical (unpaired) electrons. The molecule has 1 fully saturated rings. The van der Waals surface area contributed by atoms with Crippen LogP contribution in [0.2, 0.25) is 0 Å². The standard InChI is InChI=1S/C17H17N7O5S3/c1-2-29-21-9(12-20-17(18)32-22-12)13(25)19-10-14(26)24-11(16(27)28)8(6-31-15(10)24)5-23-3-4-30-7-23/h3-4,7,10,15H,2,5-6H2,1H3,(H3-,18,19,20,22,25,27,28)/p+1/t10?,15-/m1/s1. The number of aromatic nitrogens is 3. The van der Waals surface area contributed by atoms with Crippen molar-refractivity contribution in [2.45, 2.75) is 24.9 Å². The van der Waals surface area contributed by atoms with Gasteiger partial charge in [0.25, 0.3) is 11.8 Å². The van der Waals surface area contributed by atoms with E-state index in [0.29, 0.717) is 17.9 Å². The Bertz CT molecular complexity index is 1110. The summed E-state index contributed by atoms with van der Waals surface area (Å²) in [5.74, 6) is -2.01. The van der Waals surface area contributed by atoms with Crippen molar-refractivity contribution in [3.05, 3.63) is 34.2 Å². The molecule has 0 spiro atoms. The molecular weight excluding hydrogens is 478 g/mol. The largest absolute Gasteiger partial charge is 0.477 e. The Balaban J connectivity index is 1.53. The van der Waals surface area contributed by atoms with Crippen LogP contribution in [0.3, 0.4) is 0 Å². The van der Waals surface area contributed by atoms with Gasteiger partial charge in [-0.1, -0.05) is 16.5 Å². The second kappa shape index (κ2) is 9.22. The smallest absolute Gasteiger partial charge is 0.352 e.